The zero-order valence-electron chi connectivity index (χ0n) is 7.53. The molecular weight excluding hydrogens is 214 g/mol. The summed E-state index contributed by atoms with van der Waals surface area (Å²) in [6, 6.07) is 9.74. The van der Waals surface area contributed by atoms with Crippen molar-refractivity contribution in [3.63, 3.8) is 0 Å². The van der Waals surface area contributed by atoms with Crippen molar-refractivity contribution in [1.29, 1.82) is 0 Å². The van der Waals surface area contributed by atoms with E-state index in [1.807, 2.05) is 24.3 Å². The van der Waals surface area contributed by atoms with E-state index >= 15 is 0 Å². The van der Waals surface area contributed by atoms with Gasteiger partial charge in [-0.3, -0.25) is 0 Å². The Balaban J connectivity index is 2.28. The summed E-state index contributed by atoms with van der Waals surface area (Å²) in [5.41, 5.74) is 7.76. The molecule has 0 spiro atoms. The van der Waals surface area contributed by atoms with E-state index < -0.39 is 0 Å². The molecule has 1 aromatic heterocycles. The van der Waals surface area contributed by atoms with Gasteiger partial charge in [0.1, 0.15) is 0 Å². The van der Waals surface area contributed by atoms with Crippen molar-refractivity contribution >= 4 is 28.6 Å². The molecule has 0 aliphatic heterocycles. The summed E-state index contributed by atoms with van der Waals surface area (Å²) in [7, 11) is 0. The minimum Gasteiger partial charge on any atom is -0.398 e. The fraction of sp³-hybridized carbons (Fsp3) is 0.0909. The zero-order valence-corrected chi connectivity index (χ0v) is 9.11. The van der Waals surface area contributed by atoms with Crippen LogP contribution in [0.4, 0.5) is 5.69 Å². The standard InChI is InChI=1S/C11H10ClNS/c12-9-3-4-11(13)8(6-9)7-10-2-1-5-14-10/h1-6H,7,13H2. The number of nitrogen functional groups attached to an aromatic ring is 1. The van der Waals surface area contributed by atoms with Crippen LogP contribution in [0.1, 0.15) is 10.4 Å². The number of hydrogen-bond donors (Lipinski definition) is 1. The van der Waals surface area contributed by atoms with Crippen molar-refractivity contribution in [2.75, 3.05) is 5.73 Å². The van der Waals surface area contributed by atoms with Crippen LogP contribution in [0, 0.1) is 0 Å². The molecule has 0 unspecified atom stereocenters. The van der Waals surface area contributed by atoms with Crippen molar-refractivity contribution in [3.05, 3.63) is 51.2 Å². The highest BCUT2D eigenvalue weighted by Gasteiger charge is 2.02. The largest absolute Gasteiger partial charge is 0.398 e. The molecule has 14 heavy (non-hydrogen) atoms. The second kappa shape index (κ2) is 4.03. The molecule has 1 aromatic carbocycles. The SMILES string of the molecule is Nc1ccc(Cl)cc1Cc1cccs1. The van der Waals surface area contributed by atoms with Gasteiger partial charge < -0.3 is 5.73 Å². The van der Waals surface area contributed by atoms with Gasteiger partial charge in [0.2, 0.25) is 0 Å². The Hall–Kier alpha value is -0.990. The first-order chi connectivity index (χ1) is 6.75. The molecular formula is C11H10ClNS. The molecule has 2 N–H and O–H groups in total. The summed E-state index contributed by atoms with van der Waals surface area (Å²) in [5, 5.41) is 2.81. The molecule has 0 bridgehead atoms. The summed E-state index contributed by atoms with van der Waals surface area (Å²) < 4.78 is 0. The third kappa shape index (κ3) is 2.08. The highest BCUT2D eigenvalue weighted by atomic mass is 35.5. The lowest BCUT2D eigenvalue weighted by Crippen LogP contribution is -1.93. The van der Waals surface area contributed by atoms with Gasteiger partial charge >= 0.3 is 0 Å². The van der Waals surface area contributed by atoms with E-state index in [4.69, 9.17) is 17.3 Å². The number of nitrogens with two attached hydrogens (primary N) is 1. The first-order valence-corrected chi connectivity index (χ1v) is 5.58. The van der Waals surface area contributed by atoms with Crippen LogP contribution in [-0.2, 0) is 6.42 Å². The van der Waals surface area contributed by atoms with Crippen molar-refractivity contribution < 1.29 is 0 Å². The molecule has 2 aromatic rings. The van der Waals surface area contributed by atoms with E-state index in [1.54, 1.807) is 11.3 Å². The van der Waals surface area contributed by atoms with Gasteiger partial charge in [0.15, 0.2) is 0 Å². The van der Waals surface area contributed by atoms with Crippen LogP contribution in [0.2, 0.25) is 5.02 Å². The minimum absolute atomic E-state index is 0.741. The van der Waals surface area contributed by atoms with Gasteiger partial charge in [0.25, 0.3) is 0 Å². The third-order valence-corrected chi connectivity index (χ3v) is 3.16. The van der Waals surface area contributed by atoms with Crippen LogP contribution in [0.5, 0.6) is 0 Å². The smallest absolute Gasteiger partial charge is 0.0410 e. The first kappa shape index (κ1) is 9.56. The number of hydrogen-bond acceptors (Lipinski definition) is 2. The predicted octanol–water partition coefficient (Wildman–Crippen LogP) is 3.57. The van der Waals surface area contributed by atoms with E-state index in [0.717, 1.165) is 22.7 Å². The molecule has 0 fully saturated rings. The molecule has 1 heterocycles. The van der Waals surface area contributed by atoms with Crippen LogP contribution in [0.3, 0.4) is 0 Å². The van der Waals surface area contributed by atoms with E-state index in [1.165, 1.54) is 4.88 Å². The van der Waals surface area contributed by atoms with E-state index in [9.17, 15) is 0 Å². The van der Waals surface area contributed by atoms with Gasteiger partial charge in [-0.15, -0.1) is 11.3 Å². The average molecular weight is 224 g/mol. The summed E-state index contributed by atoms with van der Waals surface area (Å²) in [6.45, 7) is 0. The summed E-state index contributed by atoms with van der Waals surface area (Å²) in [5.74, 6) is 0. The molecule has 0 amide bonds. The number of anilines is 1. The number of benzene rings is 1. The molecule has 0 saturated heterocycles. The topological polar surface area (TPSA) is 26.0 Å². The van der Waals surface area contributed by atoms with Gasteiger partial charge in [0.05, 0.1) is 0 Å². The maximum atomic E-state index is 5.90. The molecule has 0 saturated carbocycles. The Morgan fingerprint density at radius 1 is 1.29 bits per heavy atom. The van der Waals surface area contributed by atoms with Crippen LogP contribution in [-0.4, -0.2) is 0 Å². The minimum atomic E-state index is 0.741. The first-order valence-electron chi connectivity index (χ1n) is 4.32. The Labute approximate surface area is 92.1 Å². The number of rotatable bonds is 2. The molecule has 72 valence electrons. The second-order valence-electron chi connectivity index (χ2n) is 3.10. The Morgan fingerprint density at radius 3 is 2.86 bits per heavy atom. The van der Waals surface area contributed by atoms with Crippen LogP contribution < -0.4 is 5.73 Å². The van der Waals surface area contributed by atoms with Gasteiger partial charge in [0, 0.05) is 22.0 Å². The molecule has 3 heteroatoms. The Morgan fingerprint density at radius 2 is 2.14 bits per heavy atom. The average Bonchev–Trinajstić information content (AvgIpc) is 2.64. The lowest BCUT2D eigenvalue weighted by atomic mass is 10.1. The van der Waals surface area contributed by atoms with Crippen LogP contribution >= 0.6 is 22.9 Å². The number of halogens is 1. The van der Waals surface area contributed by atoms with Crippen LogP contribution in [0.15, 0.2) is 35.7 Å². The maximum absolute atomic E-state index is 5.90. The van der Waals surface area contributed by atoms with Gasteiger partial charge in [-0.05, 0) is 35.2 Å². The predicted molar refractivity (Wildman–Crippen MR) is 63.0 cm³/mol. The molecule has 0 aliphatic carbocycles. The highest BCUT2D eigenvalue weighted by Crippen LogP contribution is 2.22. The van der Waals surface area contributed by atoms with Crippen molar-refractivity contribution in [2.45, 2.75) is 6.42 Å². The van der Waals surface area contributed by atoms with E-state index in [0.29, 0.717) is 0 Å². The molecule has 0 aliphatic rings. The third-order valence-electron chi connectivity index (χ3n) is 2.05. The molecule has 1 nitrogen and oxygen atoms in total. The fourth-order valence-corrected chi connectivity index (χ4v) is 2.25. The van der Waals surface area contributed by atoms with Gasteiger partial charge in [-0.25, -0.2) is 0 Å². The van der Waals surface area contributed by atoms with Crippen molar-refractivity contribution in [1.82, 2.24) is 0 Å². The lowest BCUT2D eigenvalue weighted by molar-refractivity contribution is 1.25. The monoisotopic (exact) mass is 223 g/mol. The summed E-state index contributed by atoms with van der Waals surface area (Å²) >= 11 is 7.64. The quantitative estimate of drug-likeness (QED) is 0.774. The molecule has 2 rings (SSSR count). The van der Waals surface area contributed by atoms with E-state index in [2.05, 4.69) is 11.4 Å². The Bertz CT molecular complexity index is 423. The van der Waals surface area contributed by atoms with Crippen molar-refractivity contribution in [2.24, 2.45) is 0 Å². The molecule has 0 atom stereocenters. The Kier molecular flexibility index (Phi) is 2.75. The maximum Gasteiger partial charge on any atom is 0.0410 e. The zero-order chi connectivity index (χ0) is 9.97. The second-order valence-corrected chi connectivity index (χ2v) is 4.57. The summed E-state index contributed by atoms with van der Waals surface area (Å²) in [6.07, 6.45) is 0.865. The normalized spacial score (nSPS) is 10.4. The summed E-state index contributed by atoms with van der Waals surface area (Å²) in [4.78, 5) is 1.30. The molecule has 0 radical (unpaired) electrons. The van der Waals surface area contributed by atoms with Crippen LogP contribution in [0.25, 0.3) is 0 Å². The highest BCUT2D eigenvalue weighted by molar-refractivity contribution is 7.09. The van der Waals surface area contributed by atoms with Crippen molar-refractivity contribution in [3.8, 4) is 0 Å². The van der Waals surface area contributed by atoms with Gasteiger partial charge in [-0.1, -0.05) is 17.7 Å². The van der Waals surface area contributed by atoms with Gasteiger partial charge in [-0.2, -0.15) is 0 Å². The fourth-order valence-electron chi connectivity index (χ4n) is 1.33. The number of thiophene rings is 1. The lowest BCUT2D eigenvalue weighted by Gasteiger charge is -2.04. The van der Waals surface area contributed by atoms with E-state index in [-0.39, 0.29) is 0 Å².